The summed E-state index contributed by atoms with van der Waals surface area (Å²) < 4.78 is 4.75. The van der Waals surface area contributed by atoms with Crippen molar-refractivity contribution in [1.82, 2.24) is 10.6 Å². The van der Waals surface area contributed by atoms with Gasteiger partial charge in [-0.2, -0.15) is 0 Å². The summed E-state index contributed by atoms with van der Waals surface area (Å²) in [5.74, 6) is -1.80. The predicted molar refractivity (Wildman–Crippen MR) is 171 cm³/mol. The number of methoxy groups -OCH3 is 1. The molecule has 0 radical (unpaired) electrons. The first-order valence-electron chi connectivity index (χ1n) is 14.3. The number of halogens is 2. The Hall–Kier alpha value is -4.66. The Morgan fingerprint density at radius 2 is 1.13 bits per heavy atom. The minimum atomic E-state index is -0.967. The number of carboxylic acids is 1. The quantitative estimate of drug-likeness (QED) is 0.194. The molecule has 10 heteroatoms. The van der Waals surface area contributed by atoms with Crippen LogP contribution in [0.1, 0.15) is 88.6 Å². The van der Waals surface area contributed by atoms with Gasteiger partial charge in [-0.1, -0.05) is 59.6 Å². The number of amides is 2. The lowest BCUT2D eigenvalue weighted by Crippen LogP contribution is -2.27. The molecule has 0 heterocycles. The van der Waals surface area contributed by atoms with Gasteiger partial charge in [-0.25, -0.2) is 9.59 Å². The first-order valence-corrected chi connectivity index (χ1v) is 15.1. The van der Waals surface area contributed by atoms with Crippen LogP contribution in [-0.4, -0.2) is 36.0 Å². The van der Waals surface area contributed by atoms with Crippen molar-refractivity contribution in [2.75, 3.05) is 7.11 Å². The van der Waals surface area contributed by atoms with Crippen LogP contribution in [0.15, 0.2) is 84.9 Å². The van der Waals surface area contributed by atoms with E-state index in [-0.39, 0.29) is 35.4 Å². The average molecular weight is 646 g/mol. The molecule has 0 aromatic heterocycles. The fourth-order valence-electron chi connectivity index (χ4n) is 5.65. The number of aromatic carboxylic acids is 1. The van der Waals surface area contributed by atoms with Crippen LogP contribution in [0.3, 0.4) is 0 Å². The molecule has 0 saturated heterocycles. The number of carboxylic acid groups (broad SMARTS) is 1. The Labute approximate surface area is 270 Å². The highest BCUT2D eigenvalue weighted by Crippen LogP contribution is 2.34. The van der Waals surface area contributed by atoms with Crippen LogP contribution in [0.25, 0.3) is 0 Å². The van der Waals surface area contributed by atoms with Gasteiger partial charge in [-0.05, 0) is 96.5 Å². The van der Waals surface area contributed by atoms with Crippen LogP contribution in [-0.2, 0) is 17.6 Å². The molecule has 4 aromatic carbocycles. The summed E-state index contributed by atoms with van der Waals surface area (Å²) in [7, 11) is 1.35. The summed E-state index contributed by atoms with van der Waals surface area (Å²) in [5.41, 5.74) is 5.66. The zero-order chi connectivity index (χ0) is 32.1. The first-order chi connectivity index (χ1) is 21.7. The third-order valence-electron chi connectivity index (χ3n) is 7.96. The molecule has 0 aliphatic heterocycles. The van der Waals surface area contributed by atoms with Crippen LogP contribution in [0, 0.1) is 0 Å². The van der Waals surface area contributed by atoms with Crippen LogP contribution < -0.4 is 10.6 Å². The minimum Gasteiger partial charge on any atom is -0.478 e. The van der Waals surface area contributed by atoms with Crippen molar-refractivity contribution >= 4 is 47.0 Å². The minimum absolute atomic E-state index is 0.127. The molecule has 0 unspecified atom stereocenters. The van der Waals surface area contributed by atoms with Crippen LogP contribution in [0.2, 0.25) is 10.0 Å². The fraction of sp³-hybridized carbons (Fsp3) is 0.200. The number of carbonyl (C=O) groups excluding carboxylic acids is 3. The highest BCUT2D eigenvalue weighted by molar-refractivity contribution is 6.34. The number of ether oxygens (including phenoxy) is 1. The summed E-state index contributed by atoms with van der Waals surface area (Å²) in [6, 6.07) is 24.0. The molecule has 45 heavy (non-hydrogen) atoms. The van der Waals surface area contributed by atoms with Gasteiger partial charge in [0.2, 0.25) is 0 Å². The molecule has 4 aromatic rings. The Morgan fingerprint density at radius 1 is 0.689 bits per heavy atom. The van der Waals surface area contributed by atoms with E-state index in [0.29, 0.717) is 26.7 Å². The number of hydrogen-bond donors (Lipinski definition) is 3. The van der Waals surface area contributed by atoms with Crippen molar-refractivity contribution in [3.8, 4) is 0 Å². The van der Waals surface area contributed by atoms with E-state index in [1.807, 2.05) is 12.1 Å². The standard InChI is InChI=1S/C18H16ClNO3.C17H14ClNO3/c1-23-18(22)12-7-6-11-8-9-16(14(11)10-12)20-17(21)13-4-2-3-5-15(13)19;18-14-4-2-1-3-12(14)16(20)19-15-8-7-10-5-6-11(17(21)22)9-13(10)15/h2-7,10,16H,8-9H2,1H3,(H,20,21);1-6,9,15H,7-8H2,(H,19,20)(H,21,22)/t16-;15-/m11/s1. The largest absolute Gasteiger partial charge is 0.478 e. The fourth-order valence-corrected chi connectivity index (χ4v) is 6.09. The van der Waals surface area contributed by atoms with Gasteiger partial charge in [-0.15, -0.1) is 0 Å². The molecule has 2 amide bonds. The van der Waals surface area contributed by atoms with E-state index in [2.05, 4.69) is 10.6 Å². The van der Waals surface area contributed by atoms with E-state index >= 15 is 0 Å². The summed E-state index contributed by atoms with van der Waals surface area (Å²) in [5, 5.41) is 15.9. The zero-order valence-electron chi connectivity index (χ0n) is 24.3. The van der Waals surface area contributed by atoms with Gasteiger partial charge in [-0.3, -0.25) is 9.59 Å². The van der Waals surface area contributed by atoms with Crippen molar-refractivity contribution in [3.63, 3.8) is 0 Å². The summed E-state index contributed by atoms with van der Waals surface area (Å²) in [6.45, 7) is 0. The first kappa shape index (κ1) is 31.8. The lowest BCUT2D eigenvalue weighted by atomic mass is 10.0. The number of nitrogens with one attached hydrogen (secondary N) is 2. The Morgan fingerprint density at radius 3 is 1.58 bits per heavy atom. The maximum atomic E-state index is 12.4. The summed E-state index contributed by atoms with van der Waals surface area (Å²) in [4.78, 5) is 47.5. The van der Waals surface area contributed by atoms with Gasteiger partial charge in [0, 0.05) is 0 Å². The maximum absolute atomic E-state index is 12.4. The Kier molecular flexibility index (Phi) is 9.86. The molecule has 0 saturated carbocycles. The highest BCUT2D eigenvalue weighted by atomic mass is 35.5. The monoisotopic (exact) mass is 644 g/mol. The molecule has 3 N–H and O–H groups in total. The third kappa shape index (κ3) is 7.19. The number of fused-ring (bicyclic) bond motifs is 2. The molecule has 0 fully saturated rings. The zero-order valence-corrected chi connectivity index (χ0v) is 25.8. The normalized spacial score (nSPS) is 16.0. The van der Waals surface area contributed by atoms with E-state index in [1.165, 1.54) is 7.11 Å². The van der Waals surface area contributed by atoms with E-state index in [0.717, 1.165) is 47.9 Å². The van der Waals surface area contributed by atoms with E-state index in [9.17, 15) is 19.2 Å². The lowest BCUT2D eigenvalue weighted by Gasteiger charge is -2.15. The van der Waals surface area contributed by atoms with Gasteiger partial charge in [0.15, 0.2) is 0 Å². The second-order valence-electron chi connectivity index (χ2n) is 10.7. The molecule has 8 nitrogen and oxygen atoms in total. The van der Waals surface area contributed by atoms with Crippen LogP contribution in [0.4, 0.5) is 0 Å². The molecule has 0 spiro atoms. The highest BCUT2D eigenvalue weighted by Gasteiger charge is 2.27. The van der Waals surface area contributed by atoms with E-state index in [4.69, 9.17) is 33.0 Å². The van der Waals surface area contributed by atoms with Crippen molar-refractivity contribution in [2.24, 2.45) is 0 Å². The van der Waals surface area contributed by atoms with Gasteiger partial charge in [0.25, 0.3) is 11.8 Å². The topological polar surface area (TPSA) is 122 Å². The van der Waals surface area contributed by atoms with Gasteiger partial charge >= 0.3 is 11.9 Å². The SMILES string of the molecule is COC(=O)c1ccc2c(c1)[C@H](NC(=O)c1ccccc1Cl)CC2.O=C(O)c1ccc2c(c1)[C@H](NC(=O)c1ccccc1Cl)CC2. The Balaban J connectivity index is 0.000000178. The molecular formula is C35H30Cl2N2O6. The second-order valence-corrected chi connectivity index (χ2v) is 11.5. The number of rotatable bonds is 6. The molecular weight excluding hydrogens is 615 g/mol. The third-order valence-corrected chi connectivity index (χ3v) is 8.62. The van der Waals surface area contributed by atoms with Gasteiger partial charge in [0.1, 0.15) is 0 Å². The van der Waals surface area contributed by atoms with Crippen molar-refractivity contribution in [3.05, 3.63) is 139 Å². The number of benzene rings is 4. The van der Waals surface area contributed by atoms with Crippen LogP contribution >= 0.6 is 23.2 Å². The van der Waals surface area contributed by atoms with Crippen molar-refractivity contribution < 1.29 is 29.0 Å². The van der Waals surface area contributed by atoms with Crippen LogP contribution in [0.5, 0.6) is 0 Å². The van der Waals surface area contributed by atoms with Crippen molar-refractivity contribution in [2.45, 2.75) is 37.8 Å². The van der Waals surface area contributed by atoms with Crippen molar-refractivity contribution in [1.29, 1.82) is 0 Å². The summed E-state index contributed by atoms with van der Waals surface area (Å²) >= 11 is 12.1. The molecule has 2 aliphatic rings. The number of carbonyl (C=O) groups is 4. The Bertz CT molecular complexity index is 1790. The molecule has 0 bridgehead atoms. The lowest BCUT2D eigenvalue weighted by molar-refractivity contribution is 0.0599. The molecule has 2 aliphatic carbocycles. The average Bonchev–Trinajstić information content (AvgIpc) is 3.64. The second kappa shape index (κ2) is 14.0. The maximum Gasteiger partial charge on any atom is 0.337 e. The number of hydrogen-bond acceptors (Lipinski definition) is 5. The predicted octanol–water partition coefficient (Wildman–Crippen LogP) is 7.00. The molecule has 230 valence electrons. The van der Waals surface area contributed by atoms with E-state index in [1.54, 1.807) is 72.8 Å². The smallest absolute Gasteiger partial charge is 0.337 e. The molecule has 2 atom stereocenters. The van der Waals surface area contributed by atoms with Gasteiger partial charge < -0.3 is 20.5 Å². The number of aryl methyl sites for hydroxylation is 2. The summed E-state index contributed by atoms with van der Waals surface area (Å²) in [6.07, 6.45) is 3.25. The molecule has 6 rings (SSSR count). The van der Waals surface area contributed by atoms with E-state index < -0.39 is 5.97 Å². The van der Waals surface area contributed by atoms with Gasteiger partial charge in [0.05, 0.1) is 51.5 Å². The number of esters is 1.